The van der Waals surface area contributed by atoms with E-state index in [1.807, 2.05) is 0 Å². The number of aromatic nitrogens is 1. The topological polar surface area (TPSA) is 85.4 Å². The van der Waals surface area contributed by atoms with Crippen LogP contribution in [0, 0.1) is 5.82 Å². The van der Waals surface area contributed by atoms with Gasteiger partial charge in [-0.15, -0.1) is 0 Å². The highest BCUT2D eigenvalue weighted by Crippen LogP contribution is 2.25. The molecule has 2 aromatic carbocycles. The highest BCUT2D eigenvalue weighted by molar-refractivity contribution is 7.91. The second kappa shape index (κ2) is 11.2. The number of carbonyl (C=O) groups excluding carboxylic acids is 1. The minimum atomic E-state index is -3.30. The van der Waals surface area contributed by atoms with Crippen molar-refractivity contribution >= 4 is 44.6 Å². The quantitative estimate of drug-likeness (QED) is 0.398. The number of rotatable bonds is 9. The fourth-order valence-electron chi connectivity index (χ4n) is 3.17. The molecule has 3 aromatic rings. The molecule has 0 aliphatic heterocycles. The second-order valence-corrected chi connectivity index (χ2v) is 10.8. The van der Waals surface area contributed by atoms with E-state index in [2.05, 4.69) is 10.3 Å². The maximum absolute atomic E-state index is 14.6. The number of amides is 1. The van der Waals surface area contributed by atoms with E-state index < -0.39 is 21.8 Å². The molecule has 0 bridgehead atoms. The van der Waals surface area contributed by atoms with Gasteiger partial charge in [0.25, 0.3) is 0 Å². The third kappa shape index (κ3) is 6.91. The lowest BCUT2D eigenvalue weighted by Crippen LogP contribution is -2.17. The van der Waals surface area contributed by atoms with Crippen LogP contribution < -0.4 is 10.1 Å². The molecular weight excluding hydrogens is 502 g/mol. The summed E-state index contributed by atoms with van der Waals surface area (Å²) in [4.78, 5) is 16.7. The molecule has 34 heavy (non-hydrogen) atoms. The Kier molecular flexibility index (Phi) is 8.52. The smallest absolute Gasteiger partial charge is 0.228 e. The Bertz CT molecular complexity index is 1280. The van der Waals surface area contributed by atoms with Crippen molar-refractivity contribution in [2.75, 3.05) is 11.1 Å². The van der Waals surface area contributed by atoms with Crippen molar-refractivity contribution in [3.8, 4) is 5.75 Å². The molecule has 0 aliphatic carbocycles. The van der Waals surface area contributed by atoms with Crippen molar-refractivity contribution in [3.05, 3.63) is 81.8 Å². The summed E-state index contributed by atoms with van der Waals surface area (Å²) in [6.07, 6.45) is 1.43. The number of sulfone groups is 1. The van der Waals surface area contributed by atoms with Gasteiger partial charge in [-0.3, -0.25) is 9.78 Å². The molecule has 1 amide bonds. The zero-order valence-corrected chi connectivity index (χ0v) is 20.8. The van der Waals surface area contributed by atoms with Crippen molar-refractivity contribution in [1.82, 2.24) is 4.98 Å². The maximum Gasteiger partial charge on any atom is 0.228 e. The first-order valence-electron chi connectivity index (χ1n) is 10.4. The molecule has 1 atom stereocenters. The van der Waals surface area contributed by atoms with Crippen molar-refractivity contribution < 1.29 is 22.3 Å². The Morgan fingerprint density at radius 2 is 1.85 bits per heavy atom. The summed E-state index contributed by atoms with van der Waals surface area (Å²) in [6.45, 7) is 3.33. The molecular formula is C24H23Cl2FN2O4S. The summed E-state index contributed by atoms with van der Waals surface area (Å²) >= 11 is 12.0. The minimum Gasteiger partial charge on any atom is -0.487 e. The van der Waals surface area contributed by atoms with Gasteiger partial charge in [0.1, 0.15) is 6.10 Å². The normalized spacial score (nSPS) is 12.3. The Hall–Kier alpha value is -2.68. The molecule has 1 unspecified atom stereocenters. The number of hydrogen-bond acceptors (Lipinski definition) is 5. The number of anilines is 1. The number of nitrogens with zero attached hydrogens (tertiary/aromatic N) is 1. The third-order valence-electron chi connectivity index (χ3n) is 4.94. The first-order valence-corrected chi connectivity index (χ1v) is 12.9. The molecule has 0 aliphatic rings. The molecule has 0 radical (unpaired) electrons. The van der Waals surface area contributed by atoms with Crippen molar-refractivity contribution in [2.24, 2.45) is 0 Å². The van der Waals surface area contributed by atoms with Crippen LogP contribution in [0.1, 0.15) is 25.1 Å². The first-order chi connectivity index (χ1) is 16.1. The second-order valence-electron chi connectivity index (χ2n) is 7.63. The maximum atomic E-state index is 14.6. The van der Waals surface area contributed by atoms with Crippen molar-refractivity contribution in [2.45, 2.75) is 37.7 Å². The van der Waals surface area contributed by atoms with Crippen molar-refractivity contribution in [1.29, 1.82) is 0 Å². The molecule has 0 saturated carbocycles. The van der Waals surface area contributed by atoms with E-state index in [0.717, 1.165) is 0 Å². The lowest BCUT2D eigenvalue weighted by Gasteiger charge is -2.16. The van der Waals surface area contributed by atoms with E-state index in [9.17, 15) is 17.6 Å². The van der Waals surface area contributed by atoms with Gasteiger partial charge in [-0.25, -0.2) is 12.8 Å². The van der Waals surface area contributed by atoms with Crippen LogP contribution in [-0.4, -0.2) is 31.2 Å². The molecule has 180 valence electrons. The highest BCUT2D eigenvalue weighted by Gasteiger charge is 2.15. The lowest BCUT2D eigenvalue weighted by atomic mass is 10.1. The van der Waals surface area contributed by atoms with Gasteiger partial charge < -0.3 is 10.1 Å². The molecule has 1 aromatic heterocycles. The zero-order chi connectivity index (χ0) is 24.9. The highest BCUT2D eigenvalue weighted by atomic mass is 35.5. The van der Waals surface area contributed by atoms with Gasteiger partial charge in [-0.2, -0.15) is 0 Å². The van der Waals surface area contributed by atoms with Crippen LogP contribution >= 0.6 is 23.2 Å². The summed E-state index contributed by atoms with van der Waals surface area (Å²) < 4.78 is 44.0. The van der Waals surface area contributed by atoms with Crippen LogP contribution in [0.3, 0.4) is 0 Å². The van der Waals surface area contributed by atoms with Crippen LogP contribution in [0.15, 0.2) is 59.6 Å². The Labute approximate surface area is 208 Å². The van der Waals surface area contributed by atoms with E-state index in [-0.39, 0.29) is 34.4 Å². The standard InChI is InChI=1S/C24H23Cl2FN2O4S/c1-3-34(31,32)19-7-4-16(5-8-19)11-24(30)29-18-6-9-23(21(27)13-18)33-15(2)10-22-20(26)12-17(25)14-28-22/h4-9,12-15H,3,10-11H2,1-2H3,(H,29,30). The summed E-state index contributed by atoms with van der Waals surface area (Å²) in [6, 6.07) is 11.8. The van der Waals surface area contributed by atoms with Gasteiger partial charge in [-0.05, 0) is 42.8 Å². The minimum absolute atomic E-state index is 0.00263. The fraction of sp³-hybridized carbons (Fsp3) is 0.250. The van der Waals surface area contributed by atoms with Crippen molar-refractivity contribution in [3.63, 3.8) is 0 Å². The summed E-state index contributed by atoms with van der Waals surface area (Å²) in [7, 11) is -3.30. The van der Waals surface area contributed by atoms with E-state index >= 15 is 0 Å². The molecule has 1 heterocycles. The van der Waals surface area contributed by atoms with Crippen LogP contribution in [0.25, 0.3) is 0 Å². The number of pyridine rings is 1. The van der Waals surface area contributed by atoms with Gasteiger partial charge in [0.15, 0.2) is 21.4 Å². The number of hydrogen-bond donors (Lipinski definition) is 1. The van der Waals surface area contributed by atoms with Crippen LogP contribution in [-0.2, 0) is 27.5 Å². The van der Waals surface area contributed by atoms with Crippen LogP contribution in [0.5, 0.6) is 5.75 Å². The molecule has 3 rings (SSSR count). The number of nitrogens with one attached hydrogen (secondary N) is 1. The molecule has 0 fully saturated rings. The summed E-state index contributed by atoms with van der Waals surface area (Å²) in [5, 5.41) is 3.46. The Morgan fingerprint density at radius 3 is 2.47 bits per heavy atom. The number of benzene rings is 2. The van der Waals surface area contributed by atoms with E-state index in [1.54, 1.807) is 32.0 Å². The predicted molar refractivity (Wildman–Crippen MR) is 131 cm³/mol. The Morgan fingerprint density at radius 1 is 1.15 bits per heavy atom. The molecule has 0 saturated heterocycles. The Balaban J connectivity index is 1.58. The summed E-state index contributed by atoms with van der Waals surface area (Å²) in [5.41, 5.74) is 1.49. The average molecular weight is 525 g/mol. The van der Waals surface area contributed by atoms with Gasteiger partial charge in [0.2, 0.25) is 5.91 Å². The zero-order valence-electron chi connectivity index (χ0n) is 18.5. The molecule has 1 N–H and O–H groups in total. The van der Waals surface area contributed by atoms with E-state index in [4.69, 9.17) is 27.9 Å². The van der Waals surface area contributed by atoms with Gasteiger partial charge in [0, 0.05) is 24.4 Å². The lowest BCUT2D eigenvalue weighted by molar-refractivity contribution is -0.115. The number of carbonyl (C=O) groups is 1. The molecule has 6 nitrogen and oxygen atoms in total. The SMILES string of the molecule is CCS(=O)(=O)c1ccc(CC(=O)Nc2ccc(OC(C)Cc3ncc(Cl)cc3Cl)c(F)c2)cc1. The third-order valence-corrected chi connectivity index (χ3v) is 7.22. The van der Waals surface area contributed by atoms with Gasteiger partial charge in [-0.1, -0.05) is 42.3 Å². The summed E-state index contributed by atoms with van der Waals surface area (Å²) in [5.74, 6) is -0.962. The van der Waals surface area contributed by atoms with E-state index in [1.165, 1.54) is 36.5 Å². The van der Waals surface area contributed by atoms with Crippen LogP contribution in [0.2, 0.25) is 10.0 Å². The molecule has 10 heteroatoms. The van der Waals surface area contributed by atoms with Gasteiger partial charge in [0.05, 0.1) is 32.8 Å². The number of halogens is 3. The van der Waals surface area contributed by atoms with Crippen LogP contribution in [0.4, 0.5) is 10.1 Å². The molecule has 0 spiro atoms. The first kappa shape index (κ1) is 25.9. The fourth-order valence-corrected chi connectivity index (χ4v) is 4.51. The predicted octanol–water partition coefficient (Wildman–Crippen LogP) is 5.51. The monoisotopic (exact) mass is 524 g/mol. The van der Waals surface area contributed by atoms with Gasteiger partial charge >= 0.3 is 0 Å². The number of ether oxygens (including phenoxy) is 1. The average Bonchev–Trinajstić information content (AvgIpc) is 2.78. The largest absolute Gasteiger partial charge is 0.487 e. The van der Waals surface area contributed by atoms with E-state index in [0.29, 0.717) is 27.7 Å².